The van der Waals surface area contributed by atoms with Crippen molar-refractivity contribution >= 4 is 17.0 Å². The Kier molecular flexibility index (Phi) is 5.56. The Bertz CT molecular complexity index is 510. The maximum Gasteiger partial charge on any atom is 0.0564 e. The van der Waals surface area contributed by atoms with E-state index in [4.69, 9.17) is 0 Å². The van der Waals surface area contributed by atoms with Crippen molar-refractivity contribution in [3.05, 3.63) is 46.4 Å². The smallest absolute Gasteiger partial charge is 0.0564 e. The predicted molar refractivity (Wildman–Crippen MR) is 87.2 cm³/mol. The number of nitrogens with one attached hydrogen (secondary N) is 1. The number of thiophene rings is 1. The zero-order valence-electron chi connectivity index (χ0n) is 12.5. The van der Waals surface area contributed by atoms with Crippen molar-refractivity contribution in [3.8, 4) is 0 Å². The van der Waals surface area contributed by atoms with Gasteiger partial charge in [-0.2, -0.15) is 0 Å². The van der Waals surface area contributed by atoms with E-state index < -0.39 is 0 Å². The lowest BCUT2D eigenvalue weighted by Gasteiger charge is -2.23. The largest absolute Gasteiger partial charge is 0.385 e. The fourth-order valence-corrected chi connectivity index (χ4v) is 2.93. The molecule has 0 aromatic carbocycles. The Morgan fingerprint density at radius 3 is 2.95 bits per heavy atom. The van der Waals surface area contributed by atoms with E-state index in [0.717, 1.165) is 30.9 Å². The third-order valence-electron chi connectivity index (χ3n) is 3.42. The number of nitrogens with zero attached hydrogens (tertiary/aromatic N) is 2. The maximum absolute atomic E-state index is 4.47. The molecule has 0 aliphatic carbocycles. The minimum Gasteiger partial charge on any atom is -0.385 e. The van der Waals surface area contributed by atoms with Gasteiger partial charge in [-0.15, -0.1) is 11.3 Å². The molecule has 0 spiro atoms. The molecule has 0 aliphatic rings. The standard InChI is InChI=1S/C16H23N3S/c1-4-8-17-14-7-9-18-15(11-14)12-19(3)13(2)16-6-5-10-20-16/h5-7,9-11,13H,4,8,12H2,1-3H3,(H,17,18). The number of hydrogen-bond acceptors (Lipinski definition) is 4. The van der Waals surface area contributed by atoms with Gasteiger partial charge in [0.1, 0.15) is 0 Å². The van der Waals surface area contributed by atoms with Crippen LogP contribution in [0.2, 0.25) is 0 Å². The van der Waals surface area contributed by atoms with Gasteiger partial charge in [-0.1, -0.05) is 13.0 Å². The Morgan fingerprint density at radius 1 is 1.40 bits per heavy atom. The number of hydrogen-bond donors (Lipinski definition) is 1. The van der Waals surface area contributed by atoms with Gasteiger partial charge in [0.25, 0.3) is 0 Å². The predicted octanol–water partition coefficient (Wildman–Crippen LogP) is 4.16. The van der Waals surface area contributed by atoms with E-state index in [1.807, 2.05) is 23.6 Å². The summed E-state index contributed by atoms with van der Waals surface area (Å²) in [5, 5.41) is 5.54. The summed E-state index contributed by atoms with van der Waals surface area (Å²) in [7, 11) is 2.15. The van der Waals surface area contributed by atoms with Crippen LogP contribution in [0.15, 0.2) is 35.8 Å². The van der Waals surface area contributed by atoms with Gasteiger partial charge in [0.05, 0.1) is 5.69 Å². The second kappa shape index (κ2) is 7.41. The Morgan fingerprint density at radius 2 is 2.25 bits per heavy atom. The second-order valence-corrected chi connectivity index (χ2v) is 6.05. The maximum atomic E-state index is 4.47. The van der Waals surface area contributed by atoms with Gasteiger partial charge in [-0.05, 0) is 44.0 Å². The van der Waals surface area contributed by atoms with Crippen LogP contribution in [0.5, 0.6) is 0 Å². The van der Waals surface area contributed by atoms with Gasteiger partial charge >= 0.3 is 0 Å². The minimum absolute atomic E-state index is 0.420. The molecular formula is C16H23N3S. The van der Waals surface area contributed by atoms with Gasteiger partial charge in [-0.3, -0.25) is 9.88 Å². The summed E-state index contributed by atoms with van der Waals surface area (Å²) in [5.41, 5.74) is 2.27. The fraction of sp³-hybridized carbons (Fsp3) is 0.438. The first-order valence-electron chi connectivity index (χ1n) is 7.13. The first-order chi connectivity index (χ1) is 9.70. The van der Waals surface area contributed by atoms with Gasteiger partial charge in [0, 0.05) is 35.9 Å². The first-order valence-corrected chi connectivity index (χ1v) is 8.01. The average molecular weight is 289 g/mol. The summed E-state index contributed by atoms with van der Waals surface area (Å²) in [4.78, 5) is 8.20. The summed E-state index contributed by atoms with van der Waals surface area (Å²) in [6.07, 6.45) is 3.02. The molecular weight excluding hydrogens is 266 g/mol. The van der Waals surface area contributed by atoms with Crippen molar-refractivity contribution in [2.75, 3.05) is 18.9 Å². The molecule has 20 heavy (non-hydrogen) atoms. The first kappa shape index (κ1) is 15.0. The number of pyridine rings is 1. The summed E-state index contributed by atoms with van der Waals surface area (Å²) < 4.78 is 0. The molecule has 3 nitrogen and oxygen atoms in total. The molecule has 0 radical (unpaired) electrons. The van der Waals surface area contributed by atoms with Gasteiger partial charge in [0.2, 0.25) is 0 Å². The fourth-order valence-electron chi connectivity index (χ4n) is 2.08. The quantitative estimate of drug-likeness (QED) is 0.829. The van der Waals surface area contributed by atoms with Gasteiger partial charge in [-0.25, -0.2) is 0 Å². The van der Waals surface area contributed by atoms with Crippen LogP contribution in [0.1, 0.15) is 36.9 Å². The molecule has 0 bridgehead atoms. The molecule has 0 saturated carbocycles. The van der Waals surface area contributed by atoms with E-state index in [1.54, 1.807) is 0 Å². The summed E-state index contributed by atoms with van der Waals surface area (Å²) in [6.45, 7) is 6.28. The molecule has 2 heterocycles. The molecule has 2 aromatic rings. The summed E-state index contributed by atoms with van der Waals surface area (Å²) in [5.74, 6) is 0. The van der Waals surface area contributed by atoms with Gasteiger partial charge < -0.3 is 5.32 Å². The lowest BCUT2D eigenvalue weighted by atomic mass is 10.2. The monoisotopic (exact) mass is 289 g/mol. The third-order valence-corrected chi connectivity index (χ3v) is 4.47. The molecule has 1 atom stereocenters. The Hall–Kier alpha value is -1.39. The van der Waals surface area contributed by atoms with Gasteiger partial charge in [0.15, 0.2) is 0 Å². The van der Waals surface area contributed by atoms with Crippen molar-refractivity contribution in [1.29, 1.82) is 0 Å². The van der Waals surface area contributed by atoms with Crippen molar-refractivity contribution in [2.45, 2.75) is 32.9 Å². The molecule has 2 aromatic heterocycles. The van der Waals surface area contributed by atoms with E-state index in [1.165, 1.54) is 4.88 Å². The van der Waals surface area contributed by atoms with Crippen LogP contribution in [-0.2, 0) is 6.54 Å². The van der Waals surface area contributed by atoms with E-state index in [2.05, 4.69) is 59.7 Å². The third kappa shape index (κ3) is 4.05. The van der Waals surface area contributed by atoms with Crippen molar-refractivity contribution in [3.63, 3.8) is 0 Å². The highest BCUT2D eigenvalue weighted by molar-refractivity contribution is 7.10. The number of aromatic nitrogens is 1. The van der Waals surface area contributed by atoms with Crippen LogP contribution in [0, 0.1) is 0 Å². The molecule has 2 rings (SSSR count). The summed E-state index contributed by atoms with van der Waals surface area (Å²) >= 11 is 1.81. The molecule has 0 aliphatic heterocycles. The van der Waals surface area contributed by atoms with Crippen molar-refractivity contribution in [2.24, 2.45) is 0 Å². The van der Waals surface area contributed by atoms with Crippen LogP contribution in [-0.4, -0.2) is 23.5 Å². The molecule has 0 amide bonds. The second-order valence-electron chi connectivity index (χ2n) is 5.07. The molecule has 1 N–H and O–H groups in total. The van der Waals surface area contributed by atoms with Crippen molar-refractivity contribution < 1.29 is 0 Å². The molecule has 0 fully saturated rings. The van der Waals surface area contributed by atoms with Crippen LogP contribution in [0.3, 0.4) is 0 Å². The topological polar surface area (TPSA) is 28.2 Å². The molecule has 1 unspecified atom stereocenters. The molecule has 0 saturated heterocycles. The number of anilines is 1. The van der Waals surface area contributed by atoms with Crippen LogP contribution in [0.4, 0.5) is 5.69 Å². The van der Waals surface area contributed by atoms with Crippen LogP contribution >= 0.6 is 11.3 Å². The molecule has 4 heteroatoms. The highest BCUT2D eigenvalue weighted by atomic mass is 32.1. The molecule has 108 valence electrons. The van der Waals surface area contributed by atoms with E-state index in [0.29, 0.717) is 6.04 Å². The zero-order chi connectivity index (χ0) is 14.4. The zero-order valence-corrected chi connectivity index (χ0v) is 13.3. The van der Waals surface area contributed by atoms with Crippen molar-refractivity contribution in [1.82, 2.24) is 9.88 Å². The number of rotatable bonds is 7. The van der Waals surface area contributed by atoms with E-state index >= 15 is 0 Å². The van der Waals surface area contributed by atoms with E-state index in [-0.39, 0.29) is 0 Å². The lowest BCUT2D eigenvalue weighted by Crippen LogP contribution is -2.21. The minimum atomic E-state index is 0.420. The highest BCUT2D eigenvalue weighted by Crippen LogP contribution is 2.24. The Balaban J connectivity index is 1.98. The summed E-state index contributed by atoms with van der Waals surface area (Å²) in [6, 6.07) is 8.90. The van der Waals surface area contributed by atoms with Crippen LogP contribution in [0.25, 0.3) is 0 Å². The Labute approximate surface area is 125 Å². The SMILES string of the molecule is CCCNc1ccnc(CN(C)C(C)c2cccs2)c1. The average Bonchev–Trinajstić information content (AvgIpc) is 2.98. The van der Waals surface area contributed by atoms with Crippen LogP contribution < -0.4 is 5.32 Å². The van der Waals surface area contributed by atoms with E-state index in [9.17, 15) is 0 Å². The normalized spacial score (nSPS) is 12.6. The highest BCUT2D eigenvalue weighted by Gasteiger charge is 2.13. The lowest BCUT2D eigenvalue weighted by molar-refractivity contribution is 0.253.